The Morgan fingerprint density at radius 2 is 2.00 bits per heavy atom. The zero-order chi connectivity index (χ0) is 14.2. The maximum absolute atomic E-state index is 12.7. The molecule has 0 amide bonds. The lowest BCUT2D eigenvalue weighted by Gasteiger charge is -2.19. The van der Waals surface area contributed by atoms with E-state index in [0.717, 1.165) is 23.9 Å². The van der Waals surface area contributed by atoms with Gasteiger partial charge in [0.1, 0.15) is 0 Å². The highest BCUT2D eigenvalue weighted by atomic mass is 32.2. The second kappa shape index (κ2) is 5.20. The molecule has 1 saturated heterocycles. The van der Waals surface area contributed by atoms with E-state index in [1.54, 1.807) is 16.4 Å². The van der Waals surface area contributed by atoms with E-state index < -0.39 is 10.0 Å². The van der Waals surface area contributed by atoms with Crippen LogP contribution in [0.1, 0.15) is 6.42 Å². The van der Waals surface area contributed by atoms with E-state index in [0.29, 0.717) is 24.5 Å². The Bertz CT molecular complexity index is 713. The van der Waals surface area contributed by atoms with Gasteiger partial charge in [-0.25, -0.2) is 8.42 Å². The Hall–Kier alpha value is -1.37. The molecule has 1 fully saturated rings. The average Bonchev–Trinajstić information content (AvgIpc) is 2.67. The lowest BCUT2D eigenvalue weighted by molar-refractivity contribution is 0.432. The molecular formula is C14H19N3O2S. The molecule has 0 atom stereocenters. The van der Waals surface area contributed by atoms with Crippen LogP contribution in [0.4, 0.5) is 0 Å². The third kappa shape index (κ3) is 2.34. The summed E-state index contributed by atoms with van der Waals surface area (Å²) in [6.07, 6.45) is 2.80. The van der Waals surface area contributed by atoms with E-state index in [-0.39, 0.29) is 0 Å². The van der Waals surface area contributed by atoms with Crippen LogP contribution < -0.4 is 5.32 Å². The summed E-state index contributed by atoms with van der Waals surface area (Å²) < 4.78 is 28.9. The predicted molar refractivity (Wildman–Crippen MR) is 79.2 cm³/mol. The topological polar surface area (TPSA) is 54.3 Å². The van der Waals surface area contributed by atoms with Gasteiger partial charge in [0.2, 0.25) is 10.0 Å². The number of sulfonamides is 1. The summed E-state index contributed by atoms with van der Waals surface area (Å²) in [7, 11) is -1.43. The molecule has 1 aliphatic heterocycles. The van der Waals surface area contributed by atoms with E-state index in [1.807, 2.05) is 29.9 Å². The van der Waals surface area contributed by atoms with Crippen molar-refractivity contribution >= 4 is 20.9 Å². The van der Waals surface area contributed by atoms with Crippen molar-refractivity contribution in [1.29, 1.82) is 0 Å². The standard InChI is InChI=1S/C14H19N3O2S/c1-16-9-5-12-11-13(3-4-14(12)16)20(18,19)17-8-2-6-15-7-10-17/h3-5,9,11,15H,2,6-8,10H2,1H3. The minimum atomic E-state index is -3.38. The molecule has 1 N–H and O–H groups in total. The fourth-order valence-electron chi connectivity index (χ4n) is 2.63. The molecule has 5 nitrogen and oxygen atoms in total. The second-order valence-electron chi connectivity index (χ2n) is 5.15. The molecule has 3 rings (SSSR count). The number of rotatable bonds is 2. The molecule has 0 unspecified atom stereocenters. The quantitative estimate of drug-likeness (QED) is 0.904. The van der Waals surface area contributed by atoms with E-state index in [9.17, 15) is 8.42 Å². The van der Waals surface area contributed by atoms with Crippen molar-refractivity contribution in [3.8, 4) is 0 Å². The first kappa shape index (κ1) is 13.6. The van der Waals surface area contributed by atoms with Gasteiger partial charge in [0.15, 0.2) is 0 Å². The minimum absolute atomic E-state index is 0.387. The highest BCUT2D eigenvalue weighted by molar-refractivity contribution is 7.89. The lowest BCUT2D eigenvalue weighted by Crippen LogP contribution is -2.34. The van der Waals surface area contributed by atoms with Gasteiger partial charge in [-0.2, -0.15) is 4.31 Å². The minimum Gasteiger partial charge on any atom is -0.351 e. The van der Waals surface area contributed by atoms with Crippen molar-refractivity contribution < 1.29 is 8.42 Å². The van der Waals surface area contributed by atoms with Gasteiger partial charge in [0.25, 0.3) is 0 Å². The normalized spacial score (nSPS) is 18.2. The average molecular weight is 293 g/mol. The van der Waals surface area contributed by atoms with Crippen LogP contribution in [0.2, 0.25) is 0 Å². The molecule has 2 aromatic rings. The summed E-state index contributed by atoms with van der Waals surface area (Å²) in [4.78, 5) is 0.387. The molecule has 1 aliphatic rings. The summed E-state index contributed by atoms with van der Waals surface area (Å²) in [5, 5.41) is 4.18. The zero-order valence-corrected chi connectivity index (χ0v) is 12.4. The summed E-state index contributed by atoms with van der Waals surface area (Å²) in [6.45, 7) is 2.72. The number of aromatic nitrogens is 1. The number of aryl methyl sites for hydroxylation is 1. The number of fused-ring (bicyclic) bond motifs is 1. The molecular weight excluding hydrogens is 274 g/mol. The summed E-state index contributed by atoms with van der Waals surface area (Å²) >= 11 is 0. The molecule has 0 aliphatic carbocycles. The maximum atomic E-state index is 12.7. The molecule has 6 heteroatoms. The van der Waals surface area contributed by atoms with Crippen molar-refractivity contribution in [1.82, 2.24) is 14.2 Å². The van der Waals surface area contributed by atoms with Crippen LogP contribution >= 0.6 is 0 Å². The Kier molecular flexibility index (Phi) is 3.54. The van der Waals surface area contributed by atoms with Crippen LogP contribution in [0.3, 0.4) is 0 Å². The highest BCUT2D eigenvalue weighted by Crippen LogP contribution is 2.22. The van der Waals surface area contributed by atoms with Crippen molar-refractivity contribution in [2.24, 2.45) is 7.05 Å². The monoisotopic (exact) mass is 293 g/mol. The Labute approximate surface area is 119 Å². The number of nitrogens with zero attached hydrogens (tertiary/aromatic N) is 2. The number of nitrogens with one attached hydrogen (secondary N) is 1. The number of benzene rings is 1. The maximum Gasteiger partial charge on any atom is 0.243 e. The van der Waals surface area contributed by atoms with Crippen LogP contribution in [-0.4, -0.2) is 43.5 Å². The van der Waals surface area contributed by atoms with E-state index in [2.05, 4.69) is 5.32 Å². The Morgan fingerprint density at radius 3 is 2.85 bits per heavy atom. The smallest absolute Gasteiger partial charge is 0.243 e. The Balaban J connectivity index is 1.99. The van der Waals surface area contributed by atoms with Crippen LogP contribution in [0.5, 0.6) is 0 Å². The fraction of sp³-hybridized carbons (Fsp3) is 0.429. The van der Waals surface area contributed by atoms with Gasteiger partial charge in [0, 0.05) is 43.8 Å². The molecule has 0 radical (unpaired) electrons. The van der Waals surface area contributed by atoms with Crippen molar-refractivity contribution in [2.75, 3.05) is 26.2 Å². The Morgan fingerprint density at radius 1 is 1.15 bits per heavy atom. The van der Waals surface area contributed by atoms with Crippen LogP contribution in [0, 0.1) is 0 Å². The zero-order valence-electron chi connectivity index (χ0n) is 11.5. The molecule has 20 heavy (non-hydrogen) atoms. The lowest BCUT2D eigenvalue weighted by atomic mass is 10.2. The molecule has 0 bridgehead atoms. The SMILES string of the molecule is Cn1ccc2cc(S(=O)(=O)N3CCCNCC3)ccc21. The van der Waals surface area contributed by atoms with Gasteiger partial charge >= 0.3 is 0 Å². The van der Waals surface area contributed by atoms with Crippen LogP contribution in [0.25, 0.3) is 10.9 Å². The number of hydrogen-bond donors (Lipinski definition) is 1. The van der Waals surface area contributed by atoms with Gasteiger partial charge in [-0.15, -0.1) is 0 Å². The van der Waals surface area contributed by atoms with Crippen LogP contribution in [0.15, 0.2) is 35.4 Å². The van der Waals surface area contributed by atoms with E-state index >= 15 is 0 Å². The number of hydrogen-bond acceptors (Lipinski definition) is 3. The van der Waals surface area contributed by atoms with Gasteiger partial charge in [-0.1, -0.05) is 0 Å². The largest absolute Gasteiger partial charge is 0.351 e. The molecule has 1 aromatic heterocycles. The first-order valence-electron chi connectivity index (χ1n) is 6.85. The van der Waals surface area contributed by atoms with Crippen molar-refractivity contribution in [3.05, 3.63) is 30.5 Å². The molecule has 108 valence electrons. The second-order valence-corrected chi connectivity index (χ2v) is 7.09. The highest BCUT2D eigenvalue weighted by Gasteiger charge is 2.25. The first-order valence-corrected chi connectivity index (χ1v) is 8.29. The fourth-order valence-corrected chi connectivity index (χ4v) is 4.15. The predicted octanol–water partition coefficient (Wildman–Crippen LogP) is 1.16. The molecule has 2 heterocycles. The summed E-state index contributed by atoms with van der Waals surface area (Å²) in [6, 6.07) is 7.29. The van der Waals surface area contributed by atoms with E-state index in [4.69, 9.17) is 0 Å². The summed E-state index contributed by atoms with van der Waals surface area (Å²) in [5.41, 5.74) is 1.04. The van der Waals surface area contributed by atoms with Crippen LogP contribution in [-0.2, 0) is 17.1 Å². The van der Waals surface area contributed by atoms with Crippen molar-refractivity contribution in [2.45, 2.75) is 11.3 Å². The van der Waals surface area contributed by atoms with Crippen molar-refractivity contribution in [3.63, 3.8) is 0 Å². The first-order chi connectivity index (χ1) is 9.59. The van der Waals surface area contributed by atoms with E-state index in [1.165, 1.54) is 0 Å². The van der Waals surface area contributed by atoms with Gasteiger partial charge < -0.3 is 9.88 Å². The van der Waals surface area contributed by atoms with Gasteiger partial charge in [-0.3, -0.25) is 0 Å². The third-order valence-electron chi connectivity index (χ3n) is 3.79. The third-order valence-corrected chi connectivity index (χ3v) is 5.69. The molecule has 0 spiro atoms. The van der Waals surface area contributed by atoms with Gasteiger partial charge in [-0.05, 0) is 37.2 Å². The molecule has 0 saturated carbocycles. The molecule has 1 aromatic carbocycles. The van der Waals surface area contributed by atoms with Gasteiger partial charge in [0.05, 0.1) is 4.90 Å². The summed E-state index contributed by atoms with van der Waals surface area (Å²) in [5.74, 6) is 0.